The summed E-state index contributed by atoms with van der Waals surface area (Å²) in [5.41, 5.74) is 1.36. The molecule has 0 bridgehead atoms. The molecule has 4 rings (SSSR count). The second-order valence-electron chi connectivity index (χ2n) is 8.18. The Morgan fingerprint density at radius 1 is 1.00 bits per heavy atom. The summed E-state index contributed by atoms with van der Waals surface area (Å²) >= 11 is 0. The summed E-state index contributed by atoms with van der Waals surface area (Å²) < 4.78 is 1.90. The number of likely N-dealkylation sites (tertiary alicyclic amines) is 1. The second kappa shape index (κ2) is 7.98. The molecule has 2 aliphatic rings. The van der Waals surface area contributed by atoms with Gasteiger partial charge >= 0.3 is 6.03 Å². The molecule has 9 heteroatoms. The van der Waals surface area contributed by atoms with Crippen molar-refractivity contribution >= 4 is 17.6 Å². The number of aromatic nitrogens is 3. The Labute approximate surface area is 170 Å². The Morgan fingerprint density at radius 3 is 2.48 bits per heavy atom. The summed E-state index contributed by atoms with van der Waals surface area (Å²) in [4.78, 5) is 32.9. The first-order valence-electron chi connectivity index (χ1n) is 10.3. The van der Waals surface area contributed by atoms with Crippen LogP contribution in [0.2, 0.25) is 0 Å². The maximum atomic E-state index is 12.9. The largest absolute Gasteiger partial charge is 0.339 e. The first-order valence-corrected chi connectivity index (χ1v) is 10.3. The van der Waals surface area contributed by atoms with Crippen LogP contribution < -0.4 is 0 Å². The summed E-state index contributed by atoms with van der Waals surface area (Å²) in [5, 5.41) is 8.71. The molecule has 29 heavy (non-hydrogen) atoms. The number of amides is 3. The van der Waals surface area contributed by atoms with Gasteiger partial charge < -0.3 is 14.7 Å². The van der Waals surface area contributed by atoms with Crippen molar-refractivity contribution in [3.63, 3.8) is 0 Å². The first-order chi connectivity index (χ1) is 14.0. The van der Waals surface area contributed by atoms with Crippen LogP contribution in [0.1, 0.15) is 41.5 Å². The molecule has 4 heterocycles. The number of pyridine rings is 1. The number of urea groups is 1. The smallest absolute Gasteiger partial charge is 0.319 e. The third-order valence-corrected chi connectivity index (χ3v) is 5.92. The van der Waals surface area contributed by atoms with Gasteiger partial charge in [-0.05, 0) is 38.4 Å². The number of hydrogen-bond acceptors (Lipinski definition) is 5. The monoisotopic (exact) mass is 399 g/mol. The van der Waals surface area contributed by atoms with Gasteiger partial charge in [0.1, 0.15) is 0 Å². The Kier molecular flexibility index (Phi) is 5.40. The van der Waals surface area contributed by atoms with Gasteiger partial charge in [0.15, 0.2) is 11.5 Å². The fourth-order valence-corrected chi connectivity index (χ4v) is 4.15. The zero-order chi connectivity index (χ0) is 20.5. The van der Waals surface area contributed by atoms with Gasteiger partial charge in [-0.25, -0.2) is 4.79 Å². The third kappa shape index (κ3) is 3.78. The van der Waals surface area contributed by atoms with Gasteiger partial charge in [0.05, 0.1) is 11.6 Å². The van der Waals surface area contributed by atoms with Crippen LogP contribution in [-0.4, -0.2) is 100 Å². The molecule has 9 nitrogen and oxygen atoms in total. The molecule has 2 aromatic heterocycles. The molecule has 2 aromatic rings. The number of carbonyl (C=O) groups is 2. The van der Waals surface area contributed by atoms with Crippen molar-refractivity contribution < 1.29 is 9.59 Å². The predicted molar refractivity (Wildman–Crippen MR) is 109 cm³/mol. The standard InChI is InChI=1S/C20H29N7O2/c1-23(2)20(29)26-12-11-24(3)16(14-26)18-22-21-17-8-7-15(13-27(17)18)19(28)25-9-5-4-6-10-25/h7-8,13,16H,4-6,9-12,14H2,1-3H3/t16-/m1/s1. The number of likely N-dealkylation sites (N-methyl/N-ethyl adjacent to an activating group) is 1. The molecule has 2 saturated heterocycles. The summed E-state index contributed by atoms with van der Waals surface area (Å²) in [6.45, 7) is 3.61. The van der Waals surface area contributed by atoms with Gasteiger partial charge in [-0.2, -0.15) is 0 Å². The van der Waals surface area contributed by atoms with Crippen molar-refractivity contribution in [3.05, 3.63) is 29.7 Å². The highest BCUT2D eigenvalue weighted by Gasteiger charge is 2.32. The third-order valence-electron chi connectivity index (χ3n) is 5.92. The molecule has 2 fully saturated rings. The topological polar surface area (TPSA) is 77.3 Å². The highest BCUT2D eigenvalue weighted by molar-refractivity contribution is 5.94. The summed E-state index contributed by atoms with van der Waals surface area (Å²) in [7, 11) is 5.56. The minimum Gasteiger partial charge on any atom is -0.339 e. The van der Waals surface area contributed by atoms with E-state index in [1.807, 2.05) is 39.6 Å². The van der Waals surface area contributed by atoms with E-state index >= 15 is 0 Å². The van der Waals surface area contributed by atoms with E-state index in [0.29, 0.717) is 24.3 Å². The van der Waals surface area contributed by atoms with Gasteiger partial charge in [-0.3, -0.25) is 14.1 Å². The van der Waals surface area contributed by atoms with Crippen LogP contribution in [0.5, 0.6) is 0 Å². The Bertz CT molecular complexity index is 903. The molecule has 1 atom stereocenters. The van der Waals surface area contributed by atoms with E-state index in [0.717, 1.165) is 38.3 Å². The lowest BCUT2D eigenvalue weighted by Gasteiger charge is -2.39. The minimum atomic E-state index is -0.0806. The van der Waals surface area contributed by atoms with Crippen LogP contribution in [0.3, 0.4) is 0 Å². The van der Waals surface area contributed by atoms with Crippen molar-refractivity contribution in [3.8, 4) is 0 Å². The molecular formula is C20H29N7O2. The molecule has 0 unspecified atom stereocenters. The number of carbonyl (C=O) groups excluding carboxylic acids is 2. The van der Waals surface area contributed by atoms with E-state index in [1.54, 1.807) is 19.0 Å². The molecular weight excluding hydrogens is 370 g/mol. The number of piperidine rings is 1. The number of fused-ring (bicyclic) bond motifs is 1. The molecule has 0 N–H and O–H groups in total. The zero-order valence-corrected chi connectivity index (χ0v) is 17.4. The van der Waals surface area contributed by atoms with E-state index in [9.17, 15) is 9.59 Å². The van der Waals surface area contributed by atoms with Gasteiger partial charge in [-0.1, -0.05) is 0 Å². The number of nitrogens with zero attached hydrogens (tertiary/aromatic N) is 7. The van der Waals surface area contributed by atoms with E-state index < -0.39 is 0 Å². The highest BCUT2D eigenvalue weighted by atomic mass is 16.2. The maximum Gasteiger partial charge on any atom is 0.319 e. The van der Waals surface area contributed by atoms with Crippen LogP contribution in [0, 0.1) is 0 Å². The number of piperazine rings is 1. The molecule has 0 spiro atoms. The van der Waals surface area contributed by atoms with Gasteiger partial charge in [0.2, 0.25) is 0 Å². The van der Waals surface area contributed by atoms with Crippen molar-refractivity contribution in [2.45, 2.75) is 25.3 Å². The lowest BCUT2D eigenvalue weighted by atomic mass is 10.1. The number of rotatable bonds is 2. The Morgan fingerprint density at radius 2 is 1.76 bits per heavy atom. The summed E-state index contributed by atoms with van der Waals surface area (Å²) in [5.74, 6) is 0.819. The van der Waals surface area contributed by atoms with Crippen LogP contribution in [-0.2, 0) is 0 Å². The van der Waals surface area contributed by atoms with Crippen LogP contribution >= 0.6 is 0 Å². The summed E-state index contributed by atoms with van der Waals surface area (Å²) in [6, 6.07) is 3.59. The SMILES string of the molecule is CN(C)C(=O)N1CCN(C)[C@@H](c2nnc3ccc(C(=O)N4CCCCC4)cn23)C1. The molecule has 0 aliphatic carbocycles. The predicted octanol–water partition coefficient (Wildman–Crippen LogP) is 1.33. The van der Waals surface area contributed by atoms with Gasteiger partial charge in [0.25, 0.3) is 5.91 Å². The van der Waals surface area contributed by atoms with Crippen LogP contribution in [0.15, 0.2) is 18.3 Å². The molecule has 3 amide bonds. The average molecular weight is 399 g/mol. The minimum absolute atomic E-state index is 0.00196. The fraction of sp³-hybridized carbons (Fsp3) is 0.600. The van der Waals surface area contributed by atoms with Crippen molar-refractivity contribution in [1.29, 1.82) is 0 Å². The van der Waals surface area contributed by atoms with Gasteiger partial charge in [-0.15, -0.1) is 10.2 Å². The van der Waals surface area contributed by atoms with Crippen LogP contribution in [0.4, 0.5) is 4.79 Å². The molecule has 0 radical (unpaired) electrons. The van der Waals surface area contributed by atoms with Crippen molar-refractivity contribution in [1.82, 2.24) is 34.2 Å². The molecule has 156 valence electrons. The highest BCUT2D eigenvalue weighted by Crippen LogP contribution is 2.24. The molecule has 2 aliphatic heterocycles. The molecule has 0 aromatic carbocycles. The van der Waals surface area contributed by atoms with E-state index in [1.165, 1.54) is 6.42 Å². The van der Waals surface area contributed by atoms with Crippen molar-refractivity contribution in [2.75, 3.05) is 53.9 Å². The van der Waals surface area contributed by atoms with E-state index in [4.69, 9.17) is 0 Å². The lowest BCUT2D eigenvalue weighted by molar-refractivity contribution is 0.0723. The number of hydrogen-bond donors (Lipinski definition) is 0. The normalized spacial score (nSPS) is 20.9. The van der Waals surface area contributed by atoms with Gasteiger partial charge in [0, 0.05) is 53.0 Å². The lowest BCUT2D eigenvalue weighted by Crippen LogP contribution is -2.52. The van der Waals surface area contributed by atoms with Crippen LogP contribution in [0.25, 0.3) is 5.65 Å². The Hall–Kier alpha value is -2.68. The Balaban J connectivity index is 1.63. The summed E-state index contributed by atoms with van der Waals surface area (Å²) in [6.07, 6.45) is 5.17. The second-order valence-corrected chi connectivity index (χ2v) is 8.18. The van der Waals surface area contributed by atoms with E-state index in [2.05, 4.69) is 15.1 Å². The first kappa shape index (κ1) is 19.6. The zero-order valence-electron chi connectivity index (χ0n) is 17.4. The molecule has 0 saturated carbocycles. The quantitative estimate of drug-likeness (QED) is 0.761. The average Bonchev–Trinajstić information content (AvgIpc) is 3.16. The van der Waals surface area contributed by atoms with E-state index in [-0.39, 0.29) is 18.0 Å². The van der Waals surface area contributed by atoms with Crippen molar-refractivity contribution in [2.24, 2.45) is 0 Å². The maximum absolute atomic E-state index is 12.9. The fourth-order valence-electron chi connectivity index (χ4n) is 4.15.